The molecule has 1 N–H and O–H groups in total. The van der Waals surface area contributed by atoms with Gasteiger partial charge in [-0.05, 0) is 86.1 Å². The Bertz CT molecular complexity index is 1430. The number of nitrogens with one attached hydrogen (secondary N) is 1. The van der Waals surface area contributed by atoms with Crippen LogP contribution in [-0.4, -0.2) is 21.5 Å². The highest BCUT2D eigenvalue weighted by atomic mass is 32.1. The lowest BCUT2D eigenvalue weighted by molar-refractivity contribution is 0.174. The van der Waals surface area contributed by atoms with Crippen LogP contribution >= 0.6 is 12.2 Å². The fraction of sp³-hybridized carbons (Fsp3) is 0.241. The molecule has 2 aromatic heterocycles. The van der Waals surface area contributed by atoms with E-state index < -0.39 is 0 Å². The molecular formula is C29H28N4O2S. The Balaban J connectivity index is 1.48. The Labute approximate surface area is 216 Å². The SMILES string of the molecule is CCc1ccc(N2C(=S)N[C@H](c3ccccn3)[C@H]2c2cc(C)n(-c3ccc4c(c3)OCO4)c2C)cc1. The van der Waals surface area contributed by atoms with Gasteiger partial charge in [0.25, 0.3) is 0 Å². The normalized spacial score (nSPS) is 18.5. The molecule has 0 bridgehead atoms. The molecule has 0 saturated carbocycles. The van der Waals surface area contributed by atoms with Gasteiger partial charge in [0.05, 0.1) is 17.8 Å². The van der Waals surface area contributed by atoms with E-state index in [4.69, 9.17) is 26.7 Å². The van der Waals surface area contributed by atoms with Gasteiger partial charge in [0.1, 0.15) is 0 Å². The third kappa shape index (κ3) is 3.71. The second-order valence-corrected chi connectivity index (χ2v) is 9.60. The first-order valence-corrected chi connectivity index (χ1v) is 12.6. The minimum absolute atomic E-state index is 0.0613. The van der Waals surface area contributed by atoms with Crippen LogP contribution in [-0.2, 0) is 6.42 Å². The quantitative estimate of drug-likeness (QED) is 0.344. The van der Waals surface area contributed by atoms with E-state index in [0.29, 0.717) is 5.11 Å². The molecule has 2 atom stereocenters. The highest BCUT2D eigenvalue weighted by Crippen LogP contribution is 2.44. The molecule has 1 saturated heterocycles. The van der Waals surface area contributed by atoms with Crippen molar-refractivity contribution in [3.8, 4) is 17.2 Å². The largest absolute Gasteiger partial charge is 0.454 e. The standard InChI is InChI=1S/C29H28N4O2S/c1-4-20-8-10-21(11-9-20)33-28(27(31-29(33)36)24-7-5-6-14-30-24)23-15-18(2)32(19(23)3)22-12-13-25-26(16-22)35-17-34-25/h5-16,27-28H,4,17H2,1-3H3,(H,31,36)/t27-,28-/m1/s1. The van der Waals surface area contributed by atoms with Crippen molar-refractivity contribution in [3.05, 3.63) is 101 Å². The molecule has 6 rings (SSSR count). The van der Waals surface area contributed by atoms with Crippen molar-refractivity contribution >= 4 is 23.0 Å². The first kappa shape index (κ1) is 22.6. The fourth-order valence-corrected chi connectivity index (χ4v) is 5.70. The second kappa shape index (κ2) is 8.99. The van der Waals surface area contributed by atoms with E-state index in [0.717, 1.165) is 46.4 Å². The lowest BCUT2D eigenvalue weighted by Gasteiger charge is -2.28. The minimum atomic E-state index is -0.0877. The lowest BCUT2D eigenvalue weighted by Crippen LogP contribution is -2.29. The highest BCUT2D eigenvalue weighted by Gasteiger charge is 2.42. The summed E-state index contributed by atoms with van der Waals surface area (Å²) in [5, 5.41) is 4.28. The summed E-state index contributed by atoms with van der Waals surface area (Å²) >= 11 is 5.92. The van der Waals surface area contributed by atoms with E-state index in [1.54, 1.807) is 0 Å². The Hall–Kier alpha value is -3.84. The third-order valence-electron chi connectivity index (χ3n) is 7.12. The van der Waals surface area contributed by atoms with E-state index in [2.05, 4.69) is 78.0 Å². The van der Waals surface area contributed by atoms with Crippen LogP contribution in [0.3, 0.4) is 0 Å². The van der Waals surface area contributed by atoms with Gasteiger partial charge in [0, 0.05) is 35.0 Å². The molecule has 0 spiro atoms. The summed E-state index contributed by atoms with van der Waals surface area (Å²) in [5.41, 5.74) is 7.87. The van der Waals surface area contributed by atoms with Crippen molar-refractivity contribution < 1.29 is 9.47 Å². The zero-order valence-electron chi connectivity index (χ0n) is 20.6. The predicted molar refractivity (Wildman–Crippen MR) is 145 cm³/mol. The van der Waals surface area contributed by atoms with E-state index >= 15 is 0 Å². The summed E-state index contributed by atoms with van der Waals surface area (Å²) in [4.78, 5) is 6.93. The molecule has 4 heterocycles. The van der Waals surface area contributed by atoms with Crippen LogP contribution in [0.25, 0.3) is 5.69 Å². The summed E-state index contributed by atoms with van der Waals surface area (Å²) in [6.07, 6.45) is 2.84. The maximum Gasteiger partial charge on any atom is 0.231 e. The van der Waals surface area contributed by atoms with Crippen LogP contribution in [0.2, 0.25) is 0 Å². The average molecular weight is 497 g/mol. The van der Waals surface area contributed by atoms with Crippen LogP contribution in [0.1, 0.15) is 47.2 Å². The number of benzene rings is 2. The Morgan fingerprint density at radius 2 is 1.75 bits per heavy atom. The number of aromatic nitrogens is 2. The Morgan fingerprint density at radius 3 is 2.50 bits per heavy atom. The van der Waals surface area contributed by atoms with Crippen molar-refractivity contribution in [3.63, 3.8) is 0 Å². The predicted octanol–water partition coefficient (Wildman–Crippen LogP) is 5.96. The summed E-state index contributed by atoms with van der Waals surface area (Å²) in [6.45, 7) is 6.73. The summed E-state index contributed by atoms with van der Waals surface area (Å²) in [7, 11) is 0. The van der Waals surface area contributed by atoms with E-state index in [-0.39, 0.29) is 18.9 Å². The van der Waals surface area contributed by atoms with Crippen LogP contribution in [0, 0.1) is 13.8 Å². The third-order valence-corrected chi connectivity index (χ3v) is 7.44. The number of hydrogen-bond donors (Lipinski definition) is 1. The van der Waals surface area contributed by atoms with Gasteiger partial charge in [-0.1, -0.05) is 25.1 Å². The summed E-state index contributed by atoms with van der Waals surface area (Å²) in [5.74, 6) is 1.55. The lowest BCUT2D eigenvalue weighted by atomic mass is 9.96. The molecule has 0 aliphatic carbocycles. The van der Waals surface area contributed by atoms with Crippen molar-refractivity contribution in [1.29, 1.82) is 0 Å². The number of anilines is 1. The number of ether oxygens (including phenoxy) is 2. The molecule has 0 radical (unpaired) electrons. The van der Waals surface area contributed by atoms with Gasteiger partial charge in [-0.15, -0.1) is 0 Å². The zero-order chi connectivity index (χ0) is 24.8. The van der Waals surface area contributed by atoms with Crippen LogP contribution < -0.4 is 19.7 Å². The van der Waals surface area contributed by atoms with Crippen molar-refractivity contribution in [2.75, 3.05) is 11.7 Å². The first-order valence-electron chi connectivity index (χ1n) is 12.2. The molecule has 1 fully saturated rings. The fourth-order valence-electron chi connectivity index (χ4n) is 5.35. The number of pyridine rings is 1. The molecule has 2 aromatic carbocycles. The maximum atomic E-state index is 5.92. The summed E-state index contributed by atoms with van der Waals surface area (Å²) < 4.78 is 13.4. The van der Waals surface area contributed by atoms with E-state index in [9.17, 15) is 0 Å². The molecule has 2 aliphatic rings. The summed E-state index contributed by atoms with van der Waals surface area (Å²) in [6, 6.07) is 22.9. The molecular weight excluding hydrogens is 468 g/mol. The van der Waals surface area contributed by atoms with Crippen LogP contribution in [0.5, 0.6) is 11.5 Å². The van der Waals surface area contributed by atoms with Gasteiger partial charge >= 0.3 is 0 Å². The Kier molecular flexibility index (Phi) is 5.64. The number of hydrogen-bond acceptors (Lipinski definition) is 4. The minimum Gasteiger partial charge on any atom is -0.454 e. The number of nitrogens with zero attached hydrogens (tertiary/aromatic N) is 3. The first-order chi connectivity index (χ1) is 17.5. The second-order valence-electron chi connectivity index (χ2n) is 9.22. The van der Waals surface area contributed by atoms with Crippen LogP contribution in [0.4, 0.5) is 5.69 Å². The Morgan fingerprint density at radius 1 is 0.972 bits per heavy atom. The topological polar surface area (TPSA) is 51.6 Å². The van der Waals surface area contributed by atoms with Gasteiger partial charge in [0.15, 0.2) is 16.6 Å². The molecule has 4 aromatic rings. The molecule has 7 heteroatoms. The van der Waals surface area contributed by atoms with Gasteiger partial charge in [0.2, 0.25) is 6.79 Å². The number of thiocarbonyl (C=S) groups is 1. The van der Waals surface area contributed by atoms with Crippen molar-refractivity contribution in [1.82, 2.24) is 14.9 Å². The average Bonchev–Trinajstić information content (AvgIpc) is 3.59. The zero-order valence-corrected chi connectivity index (χ0v) is 21.4. The van der Waals surface area contributed by atoms with Crippen molar-refractivity contribution in [2.45, 2.75) is 39.3 Å². The number of aryl methyl sites for hydroxylation is 2. The molecule has 0 amide bonds. The molecule has 182 valence electrons. The molecule has 36 heavy (non-hydrogen) atoms. The maximum absolute atomic E-state index is 5.92. The molecule has 6 nitrogen and oxygen atoms in total. The number of fused-ring (bicyclic) bond motifs is 1. The van der Waals surface area contributed by atoms with Gasteiger partial charge in [-0.25, -0.2) is 0 Å². The number of rotatable bonds is 5. The smallest absolute Gasteiger partial charge is 0.231 e. The molecule has 0 unspecified atom stereocenters. The van der Waals surface area contributed by atoms with Gasteiger partial charge < -0.3 is 24.3 Å². The molecule has 2 aliphatic heterocycles. The van der Waals surface area contributed by atoms with E-state index in [1.807, 2.05) is 30.5 Å². The van der Waals surface area contributed by atoms with E-state index in [1.165, 1.54) is 11.1 Å². The van der Waals surface area contributed by atoms with Crippen LogP contribution in [0.15, 0.2) is 72.9 Å². The monoisotopic (exact) mass is 496 g/mol. The highest BCUT2D eigenvalue weighted by molar-refractivity contribution is 7.80. The van der Waals surface area contributed by atoms with Gasteiger partial charge in [-0.2, -0.15) is 0 Å². The van der Waals surface area contributed by atoms with Crippen molar-refractivity contribution in [2.24, 2.45) is 0 Å². The van der Waals surface area contributed by atoms with Gasteiger partial charge in [-0.3, -0.25) is 4.98 Å².